The van der Waals surface area contributed by atoms with Gasteiger partial charge in [0, 0.05) is 31.9 Å². The van der Waals surface area contributed by atoms with E-state index in [-0.39, 0.29) is 6.54 Å². The highest BCUT2D eigenvalue weighted by atomic mass is 19.1. The lowest BCUT2D eigenvalue weighted by Crippen LogP contribution is -2.40. The maximum absolute atomic E-state index is 14.9. The molecule has 1 aromatic heterocycles. The molecule has 0 radical (unpaired) electrons. The average molecular weight is 345 g/mol. The summed E-state index contributed by atoms with van der Waals surface area (Å²) in [6.07, 6.45) is 3.20. The Morgan fingerprint density at radius 2 is 2.08 bits per heavy atom. The van der Waals surface area contributed by atoms with Crippen molar-refractivity contribution in [1.82, 2.24) is 15.1 Å². The Morgan fingerprint density at radius 3 is 2.72 bits per heavy atom. The van der Waals surface area contributed by atoms with E-state index in [0.717, 1.165) is 16.8 Å². The molecule has 1 fully saturated rings. The Labute approximate surface area is 146 Å². The van der Waals surface area contributed by atoms with Crippen LogP contribution in [0.3, 0.4) is 0 Å². The van der Waals surface area contributed by atoms with Crippen LogP contribution in [0.15, 0.2) is 36.5 Å². The van der Waals surface area contributed by atoms with Crippen molar-refractivity contribution < 1.29 is 14.3 Å². The molecule has 1 saturated carbocycles. The van der Waals surface area contributed by atoms with Gasteiger partial charge in [-0.1, -0.05) is 24.3 Å². The van der Waals surface area contributed by atoms with Crippen LogP contribution in [0.25, 0.3) is 11.3 Å². The number of halogens is 1. The number of nitrogens with one attached hydrogen (secondary N) is 1. The van der Waals surface area contributed by atoms with E-state index in [1.807, 2.05) is 42.1 Å². The zero-order valence-electron chi connectivity index (χ0n) is 14.4. The number of rotatable bonds is 6. The fourth-order valence-corrected chi connectivity index (χ4v) is 3.54. The van der Waals surface area contributed by atoms with Gasteiger partial charge in [0.15, 0.2) is 0 Å². The summed E-state index contributed by atoms with van der Waals surface area (Å²) in [5.41, 5.74) is 1.88. The second-order valence-corrected chi connectivity index (χ2v) is 6.86. The number of aryl methyl sites for hydroxylation is 1. The van der Waals surface area contributed by atoms with Crippen molar-refractivity contribution in [3.05, 3.63) is 42.1 Å². The van der Waals surface area contributed by atoms with Gasteiger partial charge < -0.3 is 10.4 Å². The highest BCUT2D eigenvalue weighted by Crippen LogP contribution is 2.35. The number of nitrogens with zero attached hydrogens (tertiary/aromatic N) is 2. The van der Waals surface area contributed by atoms with Crippen LogP contribution < -0.4 is 5.32 Å². The molecule has 1 aromatic carbocycles. The van der Waals surface area contributed by atoms with Gasteiger partial charge in [-0.25, -0.2) is 4.39 Å². The molecule has 25 heavy (non-hydrogen) atoms. The Bertz CT molecular complexity index is 736. The fraction of sp³-hybridized carbons (Fsp3) is 0.474. The van der Waals surface area contributed by atoms with Gasteiger partial charge in [-0.3, -0.25) is 9.48 Å². The van der Waals surface area contributed by atoms with Crippen molar-refractivity contribution in [1.29, 1.82) is 0 Å². The molecule has 2 N–H and O–H groups in total. The van der Waals surface area contributed by atoms with Crippen molar-refractivity contribution in [2.75, 3.05) is 6.54 Å². The van der Waals surface area contributed by atoms with Crippen molar-refractivity contribution in [3.8, 4) is 11.3 Å². The largest absolute Gasteiger partial charge is 0.481 e. The summed E-state index contributed by atoms with van der Waals surface area (Å²) in [6.45, 7) is 0.814. The summed E-state index contributed by atoms with van der Waals surface area (Å²) in [4.78, 5) is 11.0. The third-order valence-corrected chi connectivity index (χ3v) is 5.10. The molecule has 0 bridgehead atoms. The standard InChI is InChI=1S/C19H24FN3O2/c1-23-17(8-11-22-23)16-5-3-2-4-15(16)12-21-13-19(20)9-6-14(7-10-19)18(24)25/h2-5,8,11,14,21H,6-7,9-10,12-13H2,1H3,(H,24,25). The lowest BCUT2D eigenvalue weighted by atomic mass is 9.80. The van der Waals surface area contributed by atoms with Crippen LogP contribution in [-0.4, -0.2) is 33.1 Å². The molecule has 1 aliphatic rings. The molecule has 0 saturated heterocycles. The maximum Gasteiger partial charge on any atom is 0.306 e. The molecular formula is C19H24FN3O2. The number of hydrogen-bond donors (Lipinski definition) is 2. The van der Waals surface area contributed by atoms with E-state index in [1.165, 1.54) is 0 Å². The molecule has 134 valence electrons. The summed E-state index contributed by atoms with van der Waals surface area (Å²) in [5, 5.41) is 16.5. The monoisotopic (exact) mass is 345 g/mol. The molecular weight excluding hydrogens is 321 g/mol. The third-order valence-electron chi connectivity index (χ3n) is 5.10. The normalized spacial score (nSPS) is 23.5. The van der Waals surface area contributed by atoms with E-state index in [0.29, 0.717) is 32.2 Å². The molecule has 1 heterocycles. The van der Waals surface area contributed by atoms with Gasteiger partial charge in [-0.15, -0.1) is 0 Å². The zero-order chi connectivity index (χ0) is 17.9. The summed E-state index contributed by atoms with van der Waals surface area (Å²) in [5.74, 6) is -1.20. The second-order valence-electron chi connectivity index (χ2n) is 6.86. The lowest BCUT2D eigenvalue weighted by molar-refractivity contribution is -0.143. The number of benzene rings is 1. The van der Waals surface area contributed by atoms with Gasteiger partial charge in [0.25, 0.3) is 0 Å². The minimum absolute atomic E-state index is 0.249. The summed E-state index contributed by atoms with van der Waals surface area (Å²) < 4.78 is 16.7. The predicted molar refractivity (Wildman–Crippen MR) is 93.8 cm³/mol. The molecule has 0 atom stereocenters. The van der Waals surface area contributed by atoms with Crippen LogP contribution in [0.1, 0.15) is 31.2 Å². The zero-order valence-corrected chi connectivity index (χ0v) is 14.4. The smallest absolute Gasteiger partial charge is 0.306 e. The van der Waals surface area contributed by atoms with Crippen molar-refractivity contribution in [2.24, 2.45) is 13.0 Å². The number of carboxylic acid groups (broad SMARTS) is 1. The predicted octanol–water partition coefficient (Wildman–Crippen LogP) is 3.16. The third kappa shape index (κ3) is 4.07. The van der Waals surface area contributed by atoms with Crippen molar-refractivity contribution >= 4 is 5.97 Å². The number of carbonyl (C=O) groups is 1. The minimum Gasteiger partial charge on any atom is -0.481 e. The van der Waals surface area contributed by atoms with Crippen LogP contribution >= 0.6 is 0 Å². The van der Waals surface area contributed by atoms with E-state index < -0.39 is 17.6 Å². The number of hydrogen-bond acceptors (Lipinski definition) is 3. The first-order valence-corrected chi connectivity index (χ1v) is 8.67. The second kappa shape index (κ2) is 7.35. The van der Waals surface area contributed by atoms with Crippen LogP contribution in [0, 0.1) is 5.92 Å². The van der Waals surface area contributed by atoms with Gasteiger partial charge in [0.05, 0.1) is 11.6 Å². The SMILES string of the molecule is Cn1nccc1-c1ccccc1CNCC1(F)CCC(C(=O)O)CC1. The van der Waals surface area contributed by atoms with E-state index in [4.69, 9.17) is 5.11 Å². The summed E-state index contributed by atoms with van der Waals surface area (Å²) in [6, 6.07) is 9.98. The van der Waals surface area contributed by atoms with Crippen molar-refractivity contribution in [2.45, 2.75) is 37.9 Å². The Kier molecular flexibility index (Phi) is 5.18. The molecule has 5 nitrogen and oxygen atoms in total. The summed E-state index contributed by atoms with van der Waals surface area (Å²) >= 11 is 0. The maximum atomic E-state index is 14.9. The van der Waals surface area contributed by atoms with Gasteiger partial charge in [-0.05, 0) is 37.3 Å². The average Bonchev–Trinajstić information content (AvgIpc) is 3.01. The first-order chi connectivity index (χ1) is 12.0. The Balaban J connectivity index is 1.60. The van der Waals surface area contributed by atoms with Gasteiger partial charge in [0.1, 0.15) is 5.67 Å². The van der Waals surface area contributed by atoms with Gasteiger partial charge in [0.2, 0.25) is 0 Å². The van der Waals surface area contributed by atoms with E-state index in [9.17, 15) is 9.18 Å². The molecule has 0 amide bonds. The fourth-order valence-electron chi connectivity index (χ4n) is 3.54. The van der Waals surface area contributed by atoms with Crippen LogP contribution in [0.2, 0.25) is 0 Å². The molecule has 0 unspecified atom stereocenters. The van der Waals surface area contributed by atoms with Crippen molar-refractivity contribution in [3.63, 3.8) is 0 Å². The highest BCUT2D eigenvalue weighted by molar-refractivity contribution is 5.70. The number of aliphatic carboxylic acids is 1. The molecule has 2 aromatic rings. The molecule has 0 aliphatic heterocycles. The number of aromatic nitrogens is 2. The Hall–Kier alpha value is -2.21. The highest BCUT2D eigenvalue weighted by Gasteiger charge is 2.37. The molecule has 3 rings (SSSR count). The molecule has 1 aliphatic carbocycles. The van der Waals surface area contributed by atoms with Crippen LogP contribution in [-0.2, 0) is 18.4 Å². The topological polar surface area (TPSA) is 67.2 Å². The van der Waals surface area contributed by atoms with E-state index >= 15 is 0 Å². The quantitative estimate of drug-likeness (QED) is 0.844. The summed E-state index contributed by atoms with van der Waals surface area (Å²) in [7, 11) is 1.90. The number of carboxylic acids is 1. The first kappa shape index (κ1) is 17.6. The van der Waals surface area contributed by atoms with E-state index in [2.05, 4.69) is 10.4 Å². The van der Waals surface area contributed by atoms with Gasteiger partial charge in [-0.2, -0.15) is 5.10 Å². The van der Waals surface area contributed by atoms with E-state index in [1.54, 1.807) is 6.20 Å². The molecule has 6 heteroatoms. The van der Waals surface area contributed by atoms with Gasteiger partial charge >= 0.3 is 5.97 Å². The van der Waals surface area contributed by atoms with Crippen LogP contribution in [0.4, 0.5) is 4.39 Å². The Morgan fingerprint density at radius 1 is 1.36 bits per heavy atom. The first-order valence-electron chi connectivity index (χ1n) is 8.67. The minimum atomic E-state index is -1.31. The number of alkyl halides is 1. The lowest BCUT2D eigenvalue weighted by Gasteiger charge is -2.32. The van der Waals surface area contributed by atoms with Crippen LogP contribution in [0.5, 0.6) is 0 Å². The molecule has 0 spiro atoms.